The second-order valence-electron chi connectivity index (χ2n) is 3.69. The molecule has 0 saturated carbocycles. The summed E-state index contributed by atoms with van der Waals surface area (Å²) in [4.78, 5) is 0. The van der Waals surface area contributed by atoms with E-state index in [-0.39, 0.29) is 15.8 Å². The molecule has 0 aliphatic heterocycles. The Balaban J connectivity index is 3.28. The third-order valence-electron chi connectivity index (χ3n) is 2.35. The lowest BCUT2D eigenvalue weighted by molar-refractivity contribution is -0.123. The Kier molecular flexibility index (Phi) is 12.2. The van der Waals surface area contributed by atoms with Gasteiger partial charge in [0.1, 0.15) is 0 Å². The van der Waals surface area contributed by atoms with Gasteiger partial charge in [-0.15, -0.1) is 0 Å². The van der Waals surface area contributed by atoms with E-state index in [1.165, 1.54) is 25.3 Å². The number of unbranched alkanes of at least 4 members (excludes halogenated alkanes) is 2. The molecule has 0 fully saturated rings. The van der Waals surface area contributed by atoms with Crippen LogP contribution in [0.3, 0.4) is 0 Å². The lowest BCUT2D eigenvalue weighted by Crippen LogP contribution is -2.18. The van der Waals surface area contributed by atoms with Gasteiger partial charge in [-0.1, -0.05) is 18.9 Å². The number of nitrogens with two attached hydrogens (primary N) is 1. The molecule has 0 unspecified atom stereocenters. The highest BCUT2D eigenvalue weighted by molar-refractivity contribution is 6.35. The molecule has 0 aromatic rings. The summed E-state index contributed by atoms with van der Waals surface area (Å²) in [7, 11) is 0.00446. The molecule has 0 atom stereocenters. The maximum absolute atomic E-state index is 5.50. The normalized spacial score (nSPS) is 12.0. The molecule has 0 aromatic heterocycles. The Labute approximate surface area is 96.5 Å². The Morgan fingerprint density at radius 1 is 1.07 bits per heavy atom. The van der Waals surface area contributed by atoms with Gasteiger partial charge in [-0.25, -0.2) is 0 Å². The molecule has 3 nitrogen and oxygen atoms in total. The third-order valence-corrected chi connectivity index (χ3v) is 4.23. The van der Waals surface area contributed by atoms with E-state index in [0.29, 0.717) is 0 Å². The van der Waals surface area contributed by atoms with Crippen molar-refractivity contribution in [1.29, 1.82) is 0 Å². The van der Waals surface area contributed by atoms with Crippen LogP contribution in [-0.4, -0.2) is 35.6 Å². The highest BCUT2D eigenvalue weighted by Crippen LogP contribution is 2.05. The van der Waals surface area contributed by atoms with Crippen LogP contribution >= 0.6 is 0 Å². The Hall–Kier alpha value is 0.0969. The smallest absolute Gasteiger partial charge is 0.154 e. The minimum atomic E-state index is 0.00446. The zero-order chi connectivity index (χ0) is 11.4. The average Bonchev–Trinajstić information content (AvgIpc) is 2.24. The van der Waals surface area contributed by atoms with E-state index >= 15 is 0 Å². The second-order valence-corrected chi connectivity index (χ2v) is 5.68. The van der Waals surface area contributed by atoms with Crippen LogP contribution in [0.25, 0.3) is 0 Å². The lowest BCUT2D eigenvalue weighted by atomic mass is 10.2. The molecule has 2 N–H and O–H groups in total. The van der Waals surface area contributed by atoms with Crippen LogP contribution in [0.4, 0.5) is 0 Å². The molecule has 0 saturated heterocycles. The van der Waals surface area contributed by atoms with Crippen molar-refractivity contribution < 1.29 is 9.47 Å². The van der Waals surface area contributed by atoms with Gasteiger partial charge < -0.3 is 15.2 Å². The van der Waals surface area contributed by atoms with E-state index in [4.69, 9.17) is 15.2 Å². The highest BCUT2D eigenvalue weighted by Gasteiger charge is 2.06. The summed E-state index contributed by atoms with van der Waals surface area (Å²) in [6, 6.07) is 2.56. The van der Waals surface area contributed by atoms with Crippen molar-refractivity contribution in [2.75, 3.05) is 19.8 Å². The molecule has 0 rings (SSSR count). The molecule has 0 bridgehead atoms. The predicted octanol–water partition coefficient (Wildman–Crippen LogP) is 1.52. The fourth-order valence-corrected chi connectivity index (χ4v) is 3.23. The molecule has 0 aliphatic carbocycles. The zero-order valence-corrected chi connectivity index (χ0v) is 11.7. The predicted molar refractivity (Wildman–Crippen MR) is 68.1 cm³/mol. The van der Waals surface area contributed by atoms with Crippen LogP contribution in [0.5, 0.6) is 0 Å². The maximum atomic E-state index is 5.50. The van der Waals surface area contributed by atoms with Crippen molar-refractivity contribution in [3.63, 3.8) is 0 Å². The second kappa shape index (κ2) is 12.2. The van der Waals surface area contributed by atoms with Gasteiger partial charge in [0, 0.05) is 22.7 Å². The summed E-state index contributed by atoms with van der Waals surface area (Å²) in [5, 5.41) is 0. The monoisotopic (exact) mass is 233 g/mol. The van der Waals surface area contributed by atoms with E-state index in [9.17, 15) is 0 Å². The van der Waals surface area contributed by atoms with Crippen molar-refractivity contribution in [3.8, 4) is 0 Å². The van der Waals surface area contributed by atoms with E-state index in [2.05, 4.69) is 0 Å². The molecular weight excluding hydrogens is 206 g/mol. The topological polar surface area (TPSA) is 44.5 Å². The van der Waals surface area contributed by atoms with Crippen LogP contribution in [0.15, 0.2) is 0 Å². The van der Waals surface area contributed by atoms with Crippen LogP contribution in [0.2, 0.25) is 12.1 Å². The van der Waals surface area contributed by atoms with Crippen molar-refractivity contribution in [1.82, 2.24) is 0 Å². The lowest BCUT2D eigenvalue weighted by Gasteiger charge is -2.16. The van der Waals surface area contributed by atoms with Crippen LogP contribution in [0.1, 0.15) is 33.1 Å². The molecule has 0 amide bonds. The largest absolute Gasteiger partial charge is 0.353 e. The van der Waals surface area contributed by atoms with E-state index < -0.39 is 0 Å². The molecule has 0 aromatic carbocycles. The average molecular weight is 233 g/mol. The first-order chi connectivity index (χ1) is 7.35. The van der Waals surface area contributed by atoms with E-state index in [1.807, 2.05) is 13.8 Å². The van der Waals surface area contributed by atoms with Crippen LogP contribution in [-0.2, 0) is 9.47 Å². The maximum Gasteiger partial charge on any atom is 0.154 e. The van der Waals surface area contributed by atoms with Crippen molar-refractivity contribution in [3.05, 3.63) is 0 Å². The Bertz CT molecular complexity index is 119. The van der Waals surface area contributed by atoms with Crippen molar-refractivity contribution >= 4 is 9.52 Å². The third kappa shape index (κ3) is 10.4. The number of ether oxygens (including phenoxy) is 2. The van der Waals surface area contributed by atoms with E-state index in [0.717, 1.165) is 25.8 Å². The first kappa shape index (κ1) is 15.1. The standard InChI is InChI=1S/C11H27NO2Si/c1-3-13-11(14-4-2)10-15-9-7-5-6-8-12/h11H,3-10,12,15H2,1-2H3. The van der Waals surface area contributed by atoms with Crippen molar-refractivity contribution in [2.45, 2.75) is 51.5 Å². The SMILES string of the molecule is CCOC(C[SiH2]CCCCCN)OCC. The summed E-state index contributed by atoms with van der Waals surface area (Å²) < 4.78 is 11.0. The van der Waals surface area contributed by atoms with Crippen LogP contribution in [0, 0.1) is 0 Å². The number of hydrogen-bond donors (Lipinski definition) is 1. The van der Waals surface area contributed by atoms with Gasteiger partial charge in [-0.3, -0.25) is 0 Å². The highest BCUT2D eigenvalue weighted by atomic mass is 28.2. The molecule has 92 valence electrons. The van der Waals surface area contributed by atoms with Gasteiger partial charge in [-0.05, 0) is 32.9 Å². The fraction of sp³-hybridized carbons (Fsp3) is 1.00. The minimum Gasteiger partial charge on any atom is -0.353 e. The van der Waals surface area contributed by atoms with Crippen molar-refractivity contribution in [2.24, 2.45) is 5.73 Å². The molecule has 0 radical (unpaired) electrons. The molecule has 4 heteroatoms. The molecule has 0 aliphatic rings. The Morgan fingerprint density at radius 3 is 2.27 bits per heavy atom. The van der Waals surface area contributed by atoms with E-state index in [1.54, 1.807) is 0 Å². The van der Waals surface area contributed by atoms with Gasteiger partial charge in [0.2, 0.25) is 0 Å². The first-order valence-corrected chi connectivity index (χ1v) is 8.28. The van der Waals surface area contributed by atoms with Gasteiger partial charge in [0.15, 0.2) is 6.29 Å². The number of rotatable bonds is 11. The minimum absolute atomic E-state index is 0.00446. The summed E-state index contributed by atoms with van der Waals surface area (Å²) >= 11 is 0. The van der Waals surface area contributed by atoms with Gasteiger partial charge in [0.25, 0.3) is 0 Å². The molecule has 15 heavy (non-hydrogen) atoms. The van der Waals surface area contributed by atoms with Gasteiger partial charge in [-0.2, -0.15) is 0 Å². The summed E-state index contributed by atoms with van der Waals surface area (Å²) in [5.74, 6) is 0. The first-order valence-electron chi connectivity index (χ1n) is 6.28. The summed E-state index contributed by atoms with van der Waals surface area (Å²) in [6.45, 7) is 6.39. The molecular formula is C11H27NO2Si. The summed E-state index contributed by atoms with van der Waals surface area (Å²) in [5.41, 5.74) is 5.44. The van der Waals surface area contributed by atoms with Gasteiger partial charge in [0.05, 0.1) is 0 Å². The number of hydrogen-bond acceptors (Lipinski definition) is 3. The fourth-order valence-electron chi connectivity index (χ4n) is 1.57. The molecule has 0 spiro atoms. The van der Waals surface area contributed by atoms with Gasteiger partial charge >= 0.3 is 0 Å². The Morgan fingerprint density at radius 2 is 1.73 bits per heavy atom. The zero-order valence-electron chi connectivity index (χ0n) is 10.3. The molecule has 0 heterocycles. The quantitative estimate of drug-likeness (QED) is 0.334. The van der Waals surface area contributed by atoms with Crippen LogP contribution < -0.4 is 5.73 Å². The summed E-state index contributed by atoms with van der Waals surface area (Å²) in [6.07, 6.45) is 3.88.